The van der Waals surface area contributed by atoms with Crippen molar-refractivity contribution in [3.8, 4) is 0 Å². The minimum atomic E-state index is -0.988. The number of carbonyl (C=O) groups excluding carboxylic acids is 1. The van der Waals surface area contributed by atoms with Gasteiger partial charge < -0.3 is 15.2 Å². The second kappa shape index (κ2) is 5.16. The van der Waals surface area contributed by atoms with Crippen molar-refractivity contribution >= 4 is 6.09 Å². The lowest BCUT2D eigenvalue weighted by molar-refractivity contribution is -0.00532. The highest BCUT2D eigenvalue weighted by molar-refractivity contribution is 5.67. The smallest absolute Gasteiger partial charge is 0.406 e. The number of hydrogen-bond donors (Lipinski definition) is 2. The molecule has 4 heteroatoms. The summed E-state index contributed by atoms with van der Waals surface area (Å²) >= 11 is 0. The Morgan fingerprint density at radius 2 is 2.00 bits per heavy atom. The van der Waals surface area contributed by atoms with Gasteiger partial charge in [0.25, 0.3) is 0 Å². The van der Waals surface area contributed by atoms with Gasteiger partial charge in [0.2, 0.25) is 0 Å². The van der Waals surface area contributed by atoms with Crippen molar-refractivity contribution in [2.24, 2.45) is 11.8 Å². The van der Waals surface area contributed by atoms with Gasteiger partial charge in [-0.3, -0.25) is 0 Å². The summed E-state index contributed by atoms with van der Waals surface area (Å²) in [7, 11) is 1.30. The Hall–Kier alpha value is -1.29. The molecule has 90 valence electrons. The van der Waals surface area contributed by atoms with E-state index in [9.17, 15) is 9.90 Å². The highest BCUT2D eigenvalue weighted by Crippen LogP contribution is 2.41. The zero-order valence-electron chi connectivity index (χ0n) is 9.61. The van der Waals surface area contributed by atoms with Crippen LogP contribution in [0.5, 0.6) is 0 Å². The van der Waals surface area contributed by atoms with E-state index in [1.54, 1.807) is 12.2 Å². The molecule has 16 heavy (non-hydrogen) atoms. The highest BCUT2D eigenvalue weighted by atomic mass is 16.5. The van der Waals surface area contributed by atoms with Crippen LogP contribution in [0.25, 0.3) is 0 Å². The summed E-state index contributed by atoms with van der Waals surface area (Å²) in [5, 5.41) is 13.1. The molecule has 0 bridgehead atoms. The molecule has 2 atom stereocenters. The summed E-state index contributed by atoms with van der Waals surface area (Å²) in [5.41, 5.74) is -0.988. The van der Waals surface area contributed by atoms with Crippen LogP contribution in [-0.2, 0) is 4.74 Å². The number of amides is 1. The molecule has 4 nitrogen and oxygen atoms in total. The van der Waals surface area contributed by atoms with E-state index >= 15 is 0 Å². The zero-order valence-corrected chi connectivity index (χ0v) is 9.61. The highest BCUT2D eigenvalue weighted by Gasteiger charge is 2.46. The van der Waals surface area contributed by atoms with Gasteiger partial charge in [-0.25, -0.2) is 4.79 Å². The van der Waals surface area contributed by atoms with Crippen molar-refractivity contribution in [1.82, 2.24) is 5.32 Å². The molecule has 0 aromatic rings. The number of ether oxygens (including phenoxy) is 1. The van der Waals surface area contributed by atoms with Crippen molar-refractivity contribution in [2.45, 2.75) is 18.4 Å². The standard InChI is InChI=1S/C12H19NO3/c1-4-9-6-7-10(5-2)12(9,15)8-13-11(14)16-3/h4-5,9-10,15H,1-2,6-8H2,3H3,(H,13,14)/t9-,10-/m0/s1. The SMILES string of the molecule is C=C[C@H]1CC[C@H](C=C)C1(O)CNC(=O)OC. The van der Waals surface area contributed by atoms with Crippen molar-refractivity contribution in [3.05, 3.63) is 25.3 Å². The Morgan fingerprint density at radius 3 is 2.38 bits per heavy atom. The molecule has 0 aromatic carbocycles. The summed E-state index contributed by atoms with van der Waals surface area (Å²) in [6.45, 7) is 7.59. The topological polar surface area (TPSA) is 58.6 Å². The van der Waals surface area contributed by atoms with Gasteiger partial charge in [-0.05, 0) is 12.8 Å². The lowest BCUT2D eigenvalue weighted by Gasteiger charge is -2.32. The molecule has 0 radical (unpaired) electrons. The molecule has 0 saturated heterocycles. The van der Waals surface area contributed by atoms with Crippen LogP contribution in [0.15, 0.2) is 25.3 Å². The molecule has 0 aromatic heterocycles. The van der Waals surface area contributed by atoms with E-state index in [2.05, 4.69) is 23.2 Å². The molecule has 1 rings (SSSR count). The Bertz CT molecular complexity index is 272. The number of carbonyl (C=O) groups is 1. The first-order valence-electron chi connectivity index (χ1n) is 5.37. The average molecular weight is 225 g/mol. The summed E-state index contributed by atoms with van der Waals surface area (Å²) < 4.78 is 4.48. The van der Waals surface area contributed by atoms with Crippen molar-refractivity contribution < 1.29 is 14.6 Å². The fraction of sp³-hybridized carbons (Fsp3) is 0.583. The Kier molecular flexibility index (Phi) is 4.12. The average Bonchev–Trinajstić information content (AvgIpc) is 2.62. The van der Waals surface area contributed by atoms with Gasteiger partial charge >= 0.3 is 6.09 Å². The fourth-order valence-corrected chi connectivity index (χ4v) is 2.33. The molecule has 0 aliphatic heterocycles. The monoisotopic (exact) mass is 225 g/mol. The van der Waals surface area contributed by atoms with Crippen molar-refractivity contribution in [1.29, 1.82) is 0 Å². The molecule has 1 aliphatic carbocycles. The number of methoxy groups -OCH3 is 1. The van der Waals surface area contributed by atoms with Crippen molar-refractivity contribution in [3.63, 3.8) is 0 Å². The second-order valence-corrected chi connectivity index (χ2v) is 4.10. The number of rotatable bonds is 4. The van der Waals surface area contributed by atoms with Gasteiger partial charge in [0.1, 0.15) is 0 Å². The quantitative estimate of drug-likeness (QED) is 0.712. The first kappa shape index (κ1) is 12.8. The van der Waals surface area contributed by atoms with E-state index in [-0.39, 0.29) is 18.4 Å². The number of aliphatic hydroxyl groups is 1. The van der Waals surface area contributed by atoms with E-state index in [0.29, 0.717) is 0 Å². The summed E-state index contributed by atoms with van der Waals surface area (Å²) in [4.78, 5) is 11.0. The van der Waals surface area contributed by atoms with Crippen LogP contribution in [0.4, 0.5) is 4.79 Å². The first-order chi connectivity index (χ1) is 7.58. The third-order valence-electron chi connectivity index (χ3n) is 3.34. The van der Waals surface area contributed by atoms with Crippen LogP contribution in [0.2, 0.25) is 0 Å². The molecular weight excluding hydrogens is 206 g/mol. The lowest BCUT2D eigenvalue weighted by atomic mass is 9.84. The van der Waals surface area contributed by atoms with Gasteiger partial charge in [-0.1, -0.05) is 12.2 Å². The van der Waals surface area contributed by atoms with E-state index in [1.165, 1.54) is 7.11 Å². The molecule has 0 spiro atoms. The molecule has 1 fully saturated rings. The van der Waals surface area contributed by atoms with E-state index in [1.807, 2.05) is 0 Å². The summed E-state index contributed by atoms with van der Waals surface area (Å²) in [6, 6.07) is 0. The largest absolute Gasteiger partial charge is 0.453 e. The maximum absolute atomic E-state index is 11.0. The molecule has 1 aliphatic rings. The fourth-order valence-electron chi connectivity index (χ4n) is 2.33. The number of hydrogen-bond acceptors (Lipinski definition) is 3. The molecule has 0 unspecified atom stereocenters. The van der Waals surface area contributed by atoms with Gasteiger partial charge in [-0.15, -0.1) is 13.2 Å². The van der Waals surface area contributed by atoms with E-state index < -0.39 is 11.7 Å². The molecule has 1 amide bonds. The second-order valence-electron chi connectivity index (χ2n) is 4.10. The predicted octanol–water partition coefficient (Wildman–Crippen LogP) is 1.47. The maximum atomic E-state index is 11.0. The van der Waals surface area contributed by atoms with Crippen LogP contribution in [0, 0.1) is 11.8 Å². The molecule has 2 N–H and O–H groups in total. The Labute approximate surface area is 96.0 Å². The van der Waals surface area contributed by atoms with Crippen molar-refractivity contribution in [2.75, 3.05) is 13.7 Å². The van der Waals surface area contributed by atoms with Gasteiger partial charge in [-0.2, -0.15) is 0 Å². The predicted molar refractivity (Wildman–Crippen MR) is 62.0 cm³/mol. The molecule has 0 heterocycles. The summed E-state index contributed by atoms with van der Waals surface area (Å²) in [5.74, 6) is -0.0414. The van der Waals surface area contributed by atoms with E-state index in [0.717, 1.165) is 12.8 Å². The van der Waals surface area contributed by atoms with Crippen LogP contribution in [0.3, 0.4) is 0 Å². The lowest BCUT2D eigenvalue weighted by Crippen LogP contribution is -2.49. The Morgan fingerprint density at radius 1 is 1.50 bits per heavy atom. The van der Waals surface area contributed by atoms with Crippen LogP contribution in [0.1, 0.15) is 12.8 Å². The first-order valence-corrected chi connectivity index (χ1v) is 5.37. The van der Waals surface area contributed by atoms with E-state index in [4.69, 9.17) is 0 Å². The number of alkyl carbamates (subject to hydrolysis) is 1. The number of nitrogens with one attached hydrogen (secondary N) is 1. The van der Waals surface area contributed by atoms with Gasteiger partial charge in [0.05, 0.1) is 19.3 Å². The zero-order chi connectivity index (χ0) is 12.2. The van der Waals surface area contributed by atoms with Crippen LogP contribution in [-0.4, -0.2) is 30.5 Å². The maximum Gasteiger partial charge on any atom is 0.406 e. The summed E-state index contributed by atoms with van der Waals surface area (Å²) in [6.07, 6.45) is 4.66. The Balaban J connectivity index is 2.72. The third kappa shape index (κ3) is 2.27. The van der Waals surface area contributed by atoms with Crippen LogP contribution < -0.4 is 5.32 Å². The normalized spacial score (nSPS) is 27.1. The molecular formula is C12H19NO3. The minimum absolute atomic E-state index is 0.0207. The van der Waals surface area contributed by atoms with Gasteiger partial charge in [0.15, 0.2) is 0 Å². The van der Waals surface area contributed by atoms with Gasteiger partial charge in [0, 0.05) is 11.8 Å². The molecule has 1 saturated carbocycles. The minimum Gasteiger partial charge on any atom is -0.453 e. The van der Waals surface area contributed by atoms with Crippen LogP contribution >= 0.6 is 0 Å². The third-order valence-corrected chi connectivity index (χ3v) is 3.34.